The highest BCUT2D eigenvalue weighted by molar-refractivity contribution is 7.15. The van der Waals surface area contributed by atoms with E-state index >= 15 is 0 Å². The molecule has 0 atom stereocenters. The summed E-state index contributed by atoms with van der Waals surface area (Å²) in [6.45, 7) is 3.82. The molecule has 4 aromatic rings. The van der Waals surface area contributed by atoms with Crippen molar-refractivity contribution in [1.29, 1.82) is 0 Å². The summed E-state index contributed by atoms with van der Waals surface area (Å²) in [4.78, 5) is 33.9. The number of ether oxygens (including phenoxy) is 1. The van der Waals surface area contributed by atoms with Gasteiger partial charge in [-0.2, -0.15) is 5.10 Å². The van der Waals surface area contributed by atoms with Gasteiger partial charge in [0.1, 0.15) is 23.0 Å². The minimum absolute atomic E-state index is 0.275. The van der Waals surface area contributed by atoms with Gasteiger partial charge in [0.15, 0.2) is 5.82 Å². The molecule has 0 radical (unpaired) electrons. The van der Waals surface area contributed by atoms with Gasteiger partial charge in [-0.15, -0.1) is 11.3 Å². The highest BCUT2D eigenvalue weighted by Gasteiger charge is 2.14. The maximum atomic E-state index is 11.5. The molecule has 0 aliphatic heterocycles. The second-order valence-corrected chi connectivity index (χ2v) is 6.91. The normalized spacial score (nSPS) is 10.8. The summed E-state index contributed by atoms with van der Waals surface area (Å²) in [5, 5.41) is 7.20. The summed E-state index contributed by atoms with van der Waals surface area (Å²) in [7, 11) is 0. The van der Waals surface area contributed by atoms with Gasteiger partial charge in [0, 0.05) is 12.4 Å². The molecular formula is C18H15N7O2S. The molecule has 4 heterocycles. The number of thiazole rings is 1. The van der Waals surface area contributed by atoms with E-state index in [-0.39, 0.29) is 12.2 Å². The van der Waals surface area contributed by atoms with Crippen LogP contribution in [-0.2, 0) is 6.61 Å². The van der Waals surface area contributed by atoms with Crippen LogP contribution in [0.25, 0.3) is 22.1 Å². The lowest BCUT2D eigenvalue weighted by atomic mass is 10.2. The number of aromatic nitrogens is 7. The zero-order valence-electron chi connectivity index (χ0n) is 15.1. The molecule has 0 fully saturated rings. The Kier molecular flexibility index (Phi) is 4.85. The molecule has 4 aromatic heterocycles. The maximum absolute atomic E-state index is 11.5. The Labute approximate surface area is 163 Å². The molecule has 0 unspecified atom stereocenters. The maximum Gasteiger partial charge on any atom is 0.316 e. The molecule has 0 aromatic carbocycles. The number of rotatable bonds is 5. The van der Waals surface area contributed by atoms with Crippen LogP contribution in [0.15, 0.2) is 41.5 Å². The Morgan fingerprint density at radius 2 is 1.79 bits per heavy atom. The molecule has 0 saturated carbocycles. The first-order chi connectivity index (χ1) is 13.6. The van der Waals surface area contributed by atoms with E-state index in [2.05, 4.69) is 35.1 Å². The zero-order valence-corrected chi connectivity index (χ0v) is 15.9. The summed E-state index contributed by atoms with van der Waals surface area (Å²) in [6, 6.07) is 7.60. The SMILES string of the molecule is Cc1nc(COc2ncccn2)sc1-c1cccc(-c2n[nH]c(=O)c(C)n2)n1. The molecular weight excluding hydrogens is 378 g/mol. The fourth-order valence-corrected chi connectivity index (χ4v) is 3.41. The number of hydrogen-bond donors (Lipinski definition) is 1. The largest absolute Gasteiger partial charge is 0.456 e. The first-order valence-electron chi connectivity index (χ1n) is 8.37. The second kappa shape index (κ2) is 7.61. The van der Waals surface area contributed by atoms with Crippen molar-refractivity contribution in [3.8, 4) is 28.1 Å². The van der Waals surface area contributed by atoms with Crippen LogP contribution in [0.4, 0.5) is 0 Å². The van der Waals surface area contributed by atoms with Gasteiger partial charge in [-0.05, 0) is 32.0 Å². The van der Waals surface area contributed by atoms with Crippen LogP contribution in [0.2, 0.25) is 0 Å². The lowest BCUT2D eigenvalue weighted by Gasteiger charge is -2.03. The Hall–Kier alpha value is -3.53. The highest BCUT2D eigenvalue weighted by Crippen LogP contribution is 2.30. The van der Waals surface area contributed by atoms with E-state index in [1.165, 1.54) is 11.3 Å². The van der Waals surface area contributed by atoms with E-state index in [9.17, 15) is 4.79 Å². The van der Waals surface area contributed by atoms with Gasteiger partial charge in [-0.3, -0.25) is 4.79 Å². The van der Waals surface area contributed by atoms with Gasteiger partial charge in [-0.25, -0.2) is 30.0 Å². The average molecular weight is 393 g/mol. The van der Waals surface area contributed by atoms with Gasteiger partial charge in [0.2, 0.25) is 0 Å². The Morgan fingerprint density at radius 1 is 1.00 bits per heavy atom. The molecule has 0 saturated heterocycles. The van der Waals surface area contributed by atoms with Crippen LogP contribution in [0.1, 0.15) is 16.4 Å². The van der Waals surface area contributed by atoms with E-state index in [0.29, 0.717) is 23.2 Å². The van der Waals surface area contributed by atoms with E-state index in [1.807, 2.05) is 19.1 Å². The van der Waals surface area contributed by atoms with Crippen LogP contribution < -0.4 is 10.3 Å². The third-order valence-corrected chi connectivity index (χ3v) is 4.94. The summed E-state index contributed by atoms with van der Waals surface area (Å²) in [6.07, 6.45) is 3.24. The van der Waals surface area contributed by atoms with Crippen LogP contribution in [-0.4, -0.2) is 35.1 Å². The lowest BCUT2D eigenvalue weighted by Crippen LogP contribution is -2.14. The summed E-state index contributed by atoms with van der Waals surface area (Å²) in [5.74, 6) is 0.367. The topological polar surface area (TPSA) is 119 Å². The standard InChI is InChI=1S/C18H15N7O2S/c1-10-15(28-14(21-10)9-27-18-19-7-4-8-20-18)12-5-3-6-13(23-12)16-22-11(2)17(26)25-24-16/h3-8H,9H2,1-2H3,(H,25,26). The van der Waals surface area contributed by atoms with Crippen LogP contribution in [0, 0.1) is 13.8 Å². The molecule has 28 heavy (non-hydrogen) atoms. The van der Waals surface area contributed by atoms with Gasteiger partial charge < -0.3 is 4.74 Å². The van der Waals surface area contributed by atoms with E-state index in [0.717, 1.165) is 21.3 Å². The highest BCUT2D eigenvalue weighted by atomic mass is 32.1. The molecule has 1 N–H and O–H groups in total. The van der Waals surface area contributed by atoms with E-state index < -0.39 is 0 Å². The number of pyridine rings is 1. The second-order valence-electron chi connectivity index (χ2n) is 5.82. The average Bonchev–Trinajstić information content (AvgIpc) is 3.10. The fraction of sp³-hybridized carbons (Fsp3) is 0.167. The third kappa shape index (κ3) is 3.76. The fourth-order valence-electron chi connectivity index (χ4n) is 2.46. The van der Waals surface area contributed by atoms with Crippen molar-refractivity contribution >= 4 is 11.3 Å². The van der Waals surface area contributed by atoms with Crippen molar-refractivity contribution in [2.75, 3.05) is 0 Å². The monoisotopic (exact) mass is 393 g/mol. The van der Waals surface area contributed by atoms with E-state index in [4.69, 9.17) is 4.74 Å². The minimum Gasteiger partial charge on any atom is -0.456 e. The molecule has 0 bridgehead atoms. The number of aryl methyl sites for hydroxylation is 2. The van der Waals surface area contributed by atoms with Crippen molar-refractivity contribution in [1.82, 2.24) is 35.1 Å². The molecule has 0 aliphatic carbocycles. The van der Waals surface area contributed by atoms with Gasteiger partial charge in [0.25, 0.3) is 5.56 Å². The smallest absolute Gasteiger partial charge is 0.316 e. The Bertz CT molecular complexity index is 1170. The molecule has 0 aliphatic rings. The zero-order chi connectivity index (χ0) is 19.5. The minimum atomic E-state index is -0.315. The predicted octanol–water partition coefficient (Wildman–Crippen LogP) is 2.34. The summed E-state index contributed by atoms with van der Waals surface area (Å²) < 4.78 is 5.57. The molecule has 10 heteroatoms. The molecule has 0 spiro atoms. The Balaban J connectivity index is 1.60. The van der Waals surface area contributed by atoms with Gasteiger partial charge in [-0.1, -0.05) is 6.07 Å². The van der Waals surface area contributed by atoms with Crippen molar-refractivity contribution in [3.05, 3.63) is 63.4 Å². The number of hydrogen-bond acceptors (Lipinski definition) is 9. The lowest BCUT2D eigenvalue weighted by molar-refractivity contribution is 0.280. The van der Waals surface area contributed by atoms with Gasteiger partial charge >= 0.3 is 6.01 Å². The predicted molar refractivity (Wildman–Crippen MR) is 103 cm³/mol. The summed E-state index contributed by atoms with van der Waals surface area (Å²) >= 11 is 1.49. The number of aromatic amines is 1. The first-order valence-corrected chi connectivity index (χ1v) is 9.19. The molecule has 0 amide bonds. The van der Waals surface area contributed by atoms with Gasteiger partial charge in [0.05, 0.1) is 16.3 Å². The number of nitrogens with one attached hydrogen (secondary N) is 1. The molecule has 9 nitrogen and oxygen atoms in total. The van der Waals surface area contributed by atoms with Crippen molar-refractivity contribution in [2.24, 2.45) is 0 Å². The quantitative estimate of drug-likeness (QED) is 0.549. The third-order valence-electron chi connectivity index (χ3n) is 3.78. The first kappa shape index (κ1) is 17.9. The molecule has 140 valence electrons. The molecule has 4 rings (SSSR count). The number of H-pyrrole nitrogens is 1. The van der Waals surface area contributed by atoms with Crippen LogP contribution in [0.3, 0.4) is 0 Å². The Morgan fingerprint density at radius 3 is 2.57 bits per heavy atom. The van der Waals surface area contributed by atoms with Crippen molar-refractivity contribution in [3.63, 3.8) is 0 Å². The van der Waals surface area contributed by atoms with Crippen LogP contribution >= 0.6 is 11.3 Å². The van der Waals surface area contributed by atoms with Crippen LogP contribution in [0.5, 0.6) is 6.01 Å². The summed E-state index contributed by atoms with van der Waals surface area (Å²) in [5.41, 5.74) is 2.20. The van der Waals surface area contributed by atoms with E-state index in [1.54, 1.807) is 31.5 Å². The number of nitrogens with zero attached hydrogens (tertiary/aromatic N) is 6. The van der Waals surface area contributed by atoms with Crippen molar-refractivity contribution < 1.29 is 4.74 Å². The van der Waals surface area contributed by atoms with Crippen molar-refractivity contribution in [2.45, 2.75) is 20.5 Å².